The number of benzene rings is 1. The Morgan fingerprint density at radius 3 is 2.67 bits per heavy atom. The zero-order valence-electron chi connectivity index (χ0n) is 10.8. The largest absolute Gasteiger partial charge is 0.326 e. The molecule has 0 saturated carbocycles. The van der Waals surface area contributed by atoms with Crippen molar-refractivity contribution in [2.75, 3.05) is 18.4 Å². The molecule has 18 heavy (non-hydrogen) atoms. The minimum atomic E-state index is -0.355. The zero-order chi connectivity index (χ0) is 13.2. The molecule has 0 unspecified atom stereocenters. The lowest BCUT2D eigenvalue weighted by Gasteiger charge is -2.32. The summed E-state index contributed by atoms with van der Waals surface area (Å²) in [5.41, 5.74) is 0.760. The number of hydrogen-bond acceptors (Lipinski definition) is 2. The van der Waals surface area contributed by atoms with Gasteiger partial charge in [0.25, 0.3) is 0 Å². The normalized spacial score (nSPS) is 18.4. The van der Waals surface area contributed by atoms with Crippen LogP contribution in [0.25, 0.3) is 0 Å². The highest BCUT2D eigenvalue weighted by Crippen LogP contribution is 2.29. The first-order chi connectivity index (χ1) is 8.51. The minimum absolute atomic E-state index is 0.0211. The monoisotopic (exact) mass is 250 g/mol. The standard InChI is InChI=1S/C14H19FN2O/c1-10-3-4-11(9-12(10)15)17-13(18)14(2)5-7-16-8-6-14/h3-4,9,16H,5-8H2,1-2H3,(H,17,18). The summed E-state index contributed by atoms with van der Waals surface area (Å²) in [5, 5.41) is 6.05. The van der Waals surface area contributed by atoms with Crippen molar-refractivity contribution in [3.05, 3.63) is 29.6 Å². The zero-order valence-corrected chi connectivity index (χ0v) is 10.8. The van der Waals surface area contributed by atoms with Crippen LogP contribution in [0.2, 0.25) is 0 Å². The molecular formula is C14H19FN2O. The quantitative estimate of drug-likeness (QED) is 0.846. The maximum absolute atomic E-state index is 13.4. The molecule has 0 bridgehead atoms. The minimum Gasteiger partial charge on any atom is -0.326 e. The molecule has 98 valence electrons. The Bertz CT molecular complexity index is 453. The topological polar surface area (TPSA) is 41.1 Å². The molecule has 1 aromatic rings. The van der Waals surface area contributed by atoms with E-state index in [-0.39, 0.29) is 17.1 Å². The molecule has 0 aromatic heterocycles. The lowest BCUT2D eigenvalue weighted by Crippen LogP contribution is -2.42. The van der Waals surface area contributed by atoms with Crippen LogP contribution in [0.5, 0.6) is 0 Å². The van der Waals surface area contributed by atoms with Gasteiger partial charge in [-0.2, -0.15) is 0 Å². The number of aryl methyl sites for hydroxylation is 1. The molecule has 1 aliphatic rings. The summed E-state index contributed by atoms with van der Waals surface area (Å²) in [6, 6.07) is 4.79. The maximum Gasteiger partial charge on any atom is 0.230 e. The highest BCUT2D eigenvalue weighted by molar-refractivity contribution is 5.95. The smallest absolute Gasteiger partial charge is 0.230 e. The molecule has 0 spiro atoms. The Morgan fingerprint density at radius 2 is 2.06 bits per heavy atom. The Kier molecular flexibility index (Phi) is 3.66. The van der Waals surface area contributed by atoms with E-state index in [2.05, 4.69) is 10.6 Å². The van der Waals surface area contributed by atoms with Crippen molar-refractivity contribution in [2.45, 2.75) is 26.7 Å². The number of piperidine rings is 1. The van der Waals surface area contributed by atoms with Crippen LogP contribution >= 0.6 is 0 Å². The van der Waals surface area contributed by atoms with Crippen LogP contribution in [-0.4, -0.2) is 19.0 Å². The number of hydrogen-bond donors (Lipinski definition) is 2. The van der Waals surface area contributed by atoms with Crippen LogP contribution in [0.4, 0.5) is 10.1 Å². The summed E-state index contributed by atoms with van der Waals surface area (Å²) in [6.45, 7) is 5.38. The average Bonchev–Trinajstić information content (AvgIpc) is 2.35. The third kappa shape index (κ3) is 2.70. The second-order valence-corrected chi connectivity index (χ2v) is 5.23. The molecule has 0 radical (unpaired) electrons. The van der Waals surface area contributed by atoms with E-state index in [1.807, 2.05) is 6.92 Å². The number of amides is 1. The van der Waals surface area contributed by atoms with Gasteiger partial charge in [0.15, 0.2) is 0 Å². The van der Waals surface area contributed by atoms with Crippen LogP contribution in [0.15, 0.2) is 18.2 Å². The fourth-order valence-corrected chi connectivity index (χ4v) is 2.16. The highest BCUT2D eigenvalue weighted by atomic mass is 19.1. The predicted octanol–water partition coefficient (Wildman–Crippen LogP) is 2.46. The van der Waals surface area contributed by atoms with Crippen LogP contribution in [0.3, 0.4) is 0 Å². The van der Waals surface area contributed by atoms with Gasteiger partial charge in [-0.25, -0.2) is 4.39 Å². The fraction of sp³-hybridized carbons (Fsp3) is 0.500. The van der Waals surface area contributed by atoms with Crippen molar-refractivity contribution in [1.29, 1.82) is 0 Å². The molecule has 2 rings (SSSR count). The Morgan fingerprint density at radius 1 is 1.39 bits per heavy atom. The van der Waals surface area contributed by atoms with E-state index in [1.165, 1.54) is 6.07 Å². The number of nitrogens with one attached hydrogen (secondary N) is 2. The van der Waals surface area contributed by atoms with Gasteiger partial charge in [-0.3, -0.25) is 4.79 Å². The molecular weight excluding hydrogens is 231 g/mol. The second kappa shape index (κ2) is 5.06. The molecule has 3 nitrogen and oxygen atoms in total. The molecule has 0 aliphatic carbocycles. The third-order valence-electron chi connectivity index (χ3n) is 3.68. The molecule has 1 saturated heterocycles. The lowest BCUT2D eigenvalue weighted by molar-refractivity contribution is -0.126. The van der Waals surface area contributed by atoms with E-state index in [9.17, 15) is 9.18 Å². The fourth-order valence-electron chi connectivity index (χ4n) is 2.16. The number of carbonyl (C=O) groups is 1. The van der Waals surface area contributed by atoms with Crippen LogP contribution < -0.4 is 10.6 Å². The van der Waals surface area contributed by atoms with Crippen LogP contribution in [0, 0.1) is 18.2 Å². The van der Waals surface area contributed by atoms with Gasteiger partial charge in [-0.1, -0.05) is 13.0 Å². The van der Waals surface area contributed by atoms with E-state index >= 15 is 0 Å². The summed E-state index contributed by atoms with van der Waals surface area (Å²) in [5.74, 6) is -0.310. The Hall–Kier alpha value is -1.42. The molecule has 1 aromatic carbocycles. The number of anilines is 1. The molecule has 2 N–H and O–H groups in total. The first-order valence-electron chi connectivity index (χ1n) is 6.30. The van der Waals surface area contributed by atoms with Crippen molar-refractivity contribution in [3.63, 3.8) is 0 Å². The lowest BCUT2D eigenvalue weighted by atomic mass is 9.80. The first kappa shape index (κ1) is 13.0. The Balaban J connectivity index is 2.08. The number of carbonyl (C=O) groups excluding carboxylic acids is 1. The van der Waals surface area contributed by atoms with Gasteiger partial charge in [-0.05, 0) is 50.6 Å². The number of halogens is 1. The van der Waals surface area contributed by atoms with Gasteiger partial charge in [0.2, 0.25) is 5.91 Å². The summed E-state index contributed by atoms with van der Waals surface area (Å²) in [4.78, 5) is 12.2. The molecule has 1 aliphatic heterocycles. The van der Waals surface area contributed by atoms with Crippen LogP contribution in [-0.2, 0) is 4.79 Å². The molecule has 1 heterocycles. The first-order valence-corrected chi connectivity index (χ1v) is 6.30. The second-order valence-electron chi connectivity index (χ2n) is 5.23. The van der Waals surface area contributed by atoms with Gasteiger partial charge in [-0.15, -0.1) is 0 Å². The van der Waals surface area contributed by atoms with Gasteiger partial charge in [0, 0.05) is 11.1 Å². The molecule has 1 amide bonds. The van der Waals surface area contributed by atoms with Gasteiger partial charge in [0.1, 0.15) is 5.82 Å². The van der Waals surface area contributed by atoms with Crippen molar-refractivity contribution in [2.24, 2.45) is 5.41 Å². The van der Waals surface area contributed by atoms with E-state index < -0.39 is 0 Å². The van der Waals surface area contributed by atoms with Crippen molar-refractivity contribution >= 4 is 11.6 Å². The predicted molar refractivity (Wildman–Crippen MR) is 70.0 cm³/mol. The maximum atomic E-state index is 13.4. The molecule has 4 heteroatoms. The third-order valence-corrected chi connectivity index (χ3v) is 3.68. The summed E-state index contributed by atoms with van der Waals surface area (Å²) >= 11 is 0. The Labute approximate surface area is 107 Å². The van der Waals surface area contributed by atoms with Crippen LogP contribution in [0.1, 0.15) is 25.3 Å². The summed E-state index contributed by atoms with van der Waals surface area (Å²) in [7, 11) is 0. The van der Waals surface area contributed by atoms with Gasteiger partial charge >= 0.3 is 0 Å². The van der Waals surface area contributed by atoms with E-state index in [0.717, 1.165) is 25.9 Å². The SMILES string of the molecule is Cc1ccc(NC(=O)C2(C)CCNCC2)cc1F. The van der Waals surface area contributed by atoms with E-state index in [4.69, 9.17) is 0 Å². The van der Waals surface area contributed by atoms with Crippen molar-refractivity contribution in [3.8, 4) is 0 Å². The van der Waals surface area contributed by atoms with Gasteiger partial charge in [0.05, 0.1) is 0 Å². The average molecular weight is 250 g/mol. The summed E-state index contributed by atoms with van der Waals surface area (Å²) < 4.78 is 13.4. The van der Waals surface area contributed by atoms with Gasteiger partial charge < -0.3 is 10.6 Å². The summed E-state index contributed by atoms with van der Waals surface area (Å²) in [6.07, 6.45) is 1.63. The van der Waals surface area contributed by atoms with Crippen molar-refractivity contribution < 1.29 is 9.18 Å². The molecule has 0 atom stereocenters. The number of rotatable bonds is 2. The van der Waals surface area contributed by atoms with E-state index in [0.29, 0.717) is 11.3 Å². The molecule has 1 fully saturated rings. The van der Waals surface area contributed by atoms with Crippen molar-refractivity contribution in [1.82, 2.24) is 5.32 Å². The highest BCUT2D eigenvalue weighted by Gasteiger charge is 2.34. The van der Waals surface area contributed by atoms with E-state index in [1.54, 1.807) is 19.1 Å².